The number of rotatable bonds is 3. The molecule has 0 heterocycles. The van der Waals surface area contributed by atoms with E-state index in [9.17, 15) is 0 Å². The fourth-order valence-corrected chi connectivity index (χ4v) is 0.795. The van der Waals surface area contributed by atoms with Crippen molar-refractivity contribution in [3.63, 3.8) is 0 Å². The van der Waals surface area contributed by atoms with Crippen LogP contribution in [0.2, 0.25) is 0 Å². The molecule has 1 heteroatoms. The third-order valence-corrected chi connectivity index (χ3v) is 1.34. The molecule has 0 N–H and O–H groups in total. The molecule has 60 valence electrons. The number of benzene rings is 1. The molecule has 0 saturated carbocycles. The number of hydrogen-bond acceptors (Lipinski definition) is 1. The summed E-state index contributed by atoms with van der Waals surface area (Å²) in [5.41, 5.74) is 0.989. The summed E-state index contributed by atoms with van der Waals surface area (Å²) >= 11 is 0. The van der Waals surface area contributed by atoms with Crippen LogP contribution in [0.5, 0.6) is 0 Å². The Kier molecular flexibility index (Phi) is 1.86. The predicted octanol–water partition coefficient (Wildman–Crippen LogP) is 2.61. The highest BCUT2D eigenvalue weighted by atomic mass is 16.5. The SMILES string of the molecule is [2H]C([2H])([2H])[C@H](C)OCc1ccccc1. The molecular weight excluding hydrogens is 136 g/mol. The predicted molar refractivity (Wildman–Crippen MR) is 46.4 cm³/mol. The van der Waals surface area contributed by atoms with Gasteiger partial charge in [-0.05, 0) is 19.3 Å². The summed E-state index contributed by atoms with van der Waals surface area (Å²) in [6, 6.07) is 9.53. The van der Waals surface area contributed by atoms with Gasteiger partial charge in [-0.25, -0.2) is 0 Å². The summed E-state index contributed by atoms with van der Waals surface area (Å²) in [6.45, 7) is -0.120. The fraction of sp³-hybridized carbons (Fsp3) is 0.400. The van der Waals surface area contributed by atoms with E-state index in [0.717, 1.165) is 5.56 Å². The van der Waals surface area contributed by atoms with Crippen molar-refractivity contribution >= 4 is 0 Å². The Morgan fingerprint density at radius 3 is 2.82 bits per heavy atom. The Hall–Kier alpha value is -0.820. The van der Waals surface area contributed by atoms with Crippen LogP contribution in [-0.4, -0.2) is 6.10 Å². The van der Waals surface area contributed by atoms with Crippen molar-refractivity contribution in [2.24, 2.45) is 0 Å². The zero-order chi connectivity index (χ0) is 10.6. The maximum Gasteiger partial charge on any atom is 0.0720 e. The molecule has 0 aliphatic heterocycles. The maximum atomic E-state index is 7.11. The van der Waals surface area contributed by atoms with Gasteiger partial charge in [0.2, 0.25) is 0 Å². The minimum absolute atomic E-state index is 0.348. The second-order valence-electron chi connectivity index (χ2n) is 2.44. The average Bonchev–Trinajstić information content (AvgIpc) is 2.14. The van der Waals surface area contributed by atoms with Crippen LogP contribution in [0.4, 0.5) is 0 Å². The first-order valence-electron chi connectivity index (χ1n) is 5.15. The summed E-state index contributed by atoms with van der Waals surface area (Å²) in [6.07, 6.45) is -0.720. The fourth-order valence-electron chi connectivity index (χ4n) is 0.795. The van der Waals surface area contributed by atoms with Gasteiger partial charge in [0, 0.05) is 4.11 Å². The summed E-state index contributed by atoms with van der Waals surface area (Å²) in [7, 11) is 0. The second-order valence-corrected chi connectivity index (χ2v) is 2.44. The Labute approximate surface area is 72.2 Å². The van der Waals surface area contributed by atoms with Crippen LogP contribution in [0.15, 0.2) is 30.3 Å². The lowest BCUT2D eigenvalue weighted by Crippen LogP contribution is -2.01. The molecule has 1 aromatic carbocycles. The molecule has 0 aliphatic rings. The van der Waals surface area contributed by atoms with E-state index in [0.29, 0.717) is 6.61 Å². The number of hydrogen-bond donors (Lipinski definition) is 0. The highest BCUT2D eigenvalue weighted by Gasteiger charge is 1.93. The van der Waals surface area contributed by atoms with Crippen molar-refractivity contribution in [2.75, 3.05) is 0 Å². The molecule has 1 rings (SSSR count). The average molecular weight is 153 g/mol. The van der Waals surface area contributed by atoms with E-state index < -0.39 is 13.0 Å². The Bertz CT molecular complexity index is 268. The van der Waals surface area contributed by atoms with Crippen molar-refractivity contribution in [1.82, 2.24) is 0 Å². The lowest BCUT2D eigenvalue weighted by Gasteiger charge is -2.06. The third kappa shape index (κ3) is 3.19. The summed E-state index contributed by atoms with van der Waals surface area (Å²) in [4.78, 5) is 0. The minimum Gasteiger partial charge on any atom is -0.374 e. The van der Waals surface area contributed by atoms with Crippen molar-refractivity contribution in [3.05, 3.63) is 35.9 Å². The summed E-state index contributed by atoms with van der Waals surface area (Å²) in [5, 5.41) is 0. The minimum atomic E-state index is -2.03. The highest BCUT2D eigenvalue weighted by Crippen LogP contribution is 2.02. The third-order valence-electron chi connectivity index (χ3n) is 1.34. The molecule has 0 aliphatic carbocycles. The molecule has 0 fully saturated rings. The Morgan fingerprint density at radius 2 is 2.18 bits per heavy atom. The maximum absolute atomic E-state index is 7.11. The molecule has 11 heavy (non-hydrogen) atoms. The zero-order valence-electron chi connectivity index (χ0n) is 9.58. The first-order chi connectivity index (χ1) is 6.50. The van der Waals surface area contributed by atoms with E-state index in [-0.39, 0.29) is 0 Å². The largest absolute Gasteiger partial charge is 0.374 e. The van der Waals surface area contributed by atoms with E-state index in [2.05, 4.69) is 0 Å². The molecule has 1 aromatic rings. The zero-order valence-corrected chi connectivity index (χ0v) is 6.58. The van der Waals surface area contributed by atoms with Crippen LogP contribution in [0.25, 0.3) is 0 Å². The van der Waals surface area contributed by atoms with Gasteiger partial charge in [0.1, 0.15) is 0 Å². The lowest BCUT2D eigenvalue weighted by molar-refractivity contribution is 0.0657. The Balaban J connectivity index is 2.42. The lowest BCUT2D eigenvalue weighted by atomic mass is 10.2. The second kappa shape index (κ2) is 4.14. The van der Waals surface area contributed by atoms with Gasteiger partial charge in [-0.2, -0.15) is 0 Å². The molecular formula is C10H14O. The molecule has 0 bridgehead atoms. The molecule has 0 aromatic heterocycles. The van der Waals surface area contributed by atoms with Gasteiger partial charge in [-0.15, -0.1) is 0 Å². The van der Waals surface area contributed by atoms with Gasteiger partial charge >= 0.3 is 0 Å². The van der Waals surface area contributed by atoms with Gasteiger partial charge in [0.25, 0.3) is 0 Å². The van der Waals surface area contributed by atoms with Crippen molar-refractivity contribution in [2.45, 2.75) is 26.5 Å². The molecule has 0 unspecified atom stereocenters. The molecule has 0 saturated heterocycles. The standard InChI is InChI=1S/C10H14O/c1-9(2)11-8-10-6-4-3-5-7-10/h3-7,9H,8H2,1-2H3/i1D3/t9-/m1/s1. The van der Waals surface area contributed by atoms with Gasteiger partial charge in [-0.1, -0.05) is 30.3 Å². The number of ether oxygens (including phenoxy) is 1. The van der Waals surface area contributed by atoms with Gasteiger partial charge in [-0.3, -0.25) is 0 Å². The van der Waals surface area contributed by atoms with Crippen molar-refractivity contribution in [3.8, 4) is 0 Å². The normalized spacial score (nSPS) is 18.1. The molecule has 0 amide bonds. The van der Waals surface area contributed by atoms with E-state index in [1.54, 1.807) is 6.92 Å². The van der Waals surface area contributed by atoms with E-state index in [1.807, 2.05) is 30.3 Å². The first kappa shape index (κ1) is 4.94. The molecule has 1 nitrogen and oxygen atoms in total. The summed E-state index contributed by atoms with van der Waals surface area (Å²) < 4.78 is 26.6. The van der Waals surface area contributed by atoms with Crippen LogP contribution in [-0.2, 0) is 11.3 Å². The van der Waals surface area contributed by atoms with E-state index in [1.165, 1.54) is 0 Å². The smallest absolute Gasteiger partial charge is 0.0720 e. The van der Waals surface area contributed by atoms with Crippen LogP contribution in [0, 0.1) is 0 Å². The van der Waals surface area contributed by atoms with Crippen LogP contribution < -0.4 is 0 Å². The molecule has 0 radical (unpaired) electrons. The Morgan fingerprint density at radius 1 is 1.45 bits per heavy atom. The monoisotopic (exact) mass is 153 g/mol. The molecule has 1 atom stereocenters. The van der Waals surface area contributed by atoms with Gasteiger partial charge in [0.05, 0.1) is 12.7 Å². The van der Waals surface area contributed by atoms with Gasteiger partial charge in [0.15, 0.2) is 0 Å². The highest BCUT2D eigenvalue weighted by molar-refractivity contribution is 5.13. The van der Waals surface area contributed by atoms with Gasteiger partial charge < -0.3 is 4.74 Å². The van der Waals surface area contributed by atoms with Crippen LogP contribution >= 0.6 is 0 Å². The first-order valence-corrected chi connectivity index (χ1v) is 3.65. The van der Waals surface area contributed by atoms with Crippen molar-refractivity contribution < 1.29 is 8.85 Å². The summed E-state index contributed by atoms with van der Waals surface area (Å²) in [5.74, 6) is 0. The van der Waals surface area contributed by atoms with E-state index in [4.69, 9.17) is 8.85 Å². The van der Waals surface area contributed by atoms with E-state index >= 15 is 0 Å². The van der Waals surface area contributed by atoms with Crippen LogP contribution in [0.1, 0.15) is 23.5 Å². The van der Waals surface area contributed by atoms with Crippen LogP contribution in [0.3, 0.4) is 0 Å². The van der Waals surface area contributed by atoms with Crippen molar-refractivity contribution in [1.29, 1.82) is 0 Å². The quantitative estimate of drug-likeness (QED) is 0.648. The molecule has 0 spiro atoms. The topological polar surface area (TPSA) is 9.23 Å².